The molecule has 0 aromatic rings. The van der Waals surface area contributed by atoms with Crippen molar-refractivity contribution in [3.05, 3.63) is 0 Å². The summed E-state index contributed by atoms with van der Waals surface area (Å²) in [6.45, 7) is 6.58. The van der Waals surface area contributed by atoms with Crippen LogP contribution in [0.25, 0.3) is 0 Å². The molecule has 15 heavy (non-hydrogen) atoms. The van der Waals surface area contributed by atoms with E-state index in [1.54, 1.807) is 0 Å². The monoisotopic (exact) mass is 215 g/mol. The molecule has 0 atom stereocenters. The summed E-state index contributed by atoms with van der Waals surface area (Å²) >= 11 is 0. The highest BCUT2D eigenvalue weighted by Gasteiger charge is 2.21. The third-order valence-electron chi connectivity index (χ3n) is 2.88. The Bertz CT molecular complexity index is 201. The van der Waals surface area contributed by atoms with Crippen LogP contribution in [0.4, 0.5) is 0 Å². The van der Waals surface area contributed by atoms with Crippen LogP contribution in [0, 0.1) is 5.92 Å². The second kappa shape index (κ2) is 6.63. The Kier molecular flexibility index (Phi) is 5.42. The van der Waals surface area contributed by atoms with E-state index in [0.717, 1.165) is 45.7 Å². The van der Waals surface area contributed by atoms with E-state index < -0.39 is 0 Å². The van der Waals surface area contributed by atoms with Crippen LogP contribution < -0.4 is 5.73 Å². The first-order chi connectivity index (χ1) is 7.27. The van der Waals surface area contributed by atoms with Crippen LogP contribution in [0.3, 0.4) is 0 Å². The number of piperidine rings is 1. The summed E-state index contributed by atoms with van der Waals surface area (Å²) in [4.78, 5) is 2.36. The van der Waals surface area contributed by atoms with E-state index in [1.165, 1.54) is 0 Å². The number of hydrogen-bond acceptors (Lipinski definition) is 4. The number of nitrogens with two attached hydrogens (primary N) is 1. The third kappa shape index (κ3) is 4.05. The fourth-order valence-corrected chi connectivity index (χ4v) is 1.87. The minimum atomic E-state index is 0.248. The van der Waals surface area contributed by atoms with Gasteiger partial charge in [0, 0.05) is 19.1 Å². The van der Waals surface area contributed by atoms with Gasteiger partial charge in [0.25, 0.3) is 0 Å². The summed E-state index contributed by atoms with van der Waals surface area (Å²) in [7, 11) is 0. The first kappa shape index (κ1) is 12.3. The van der Waals surface area contributed by atoms with Crippen molar-refractivity contribution >= 4 is 5.84 Å². The lowest BCUT2D eigenvalue weighted by Crippen LogP contribution is -2.40. The van der Waals surface area contributed by atoms with E-state index in [4.69, 9.17) is 15.7 Å². The fourth-order valence-electron chi connectivity index (χ4n) is 1.87. The Morgan fingerprint density at radius 2 is 2.20 bits per heavy atom. The van der Waals surface area contributed by atoms with Gasteiger partial charge in [-0.2, -0.15) is 0 Å². The topological polar surface area (TPSA) is 71.1 Å². The normalized spacial score (nSPS) is 20.7. The number of amidine groups is 1. The Morgan fingerprint density at radius 3 is 2.73 bits per heavy atom. The highest BCUT2D eigenvalue weighted by molar-refractivity contribution is 5.82. The molecule has 5 heteroatoms. The molecular formula is C10H21N3O2. The molecule has 0 aromatic carbocycles. The summed E-state index contributed by atoms with van der Waals surface area (Å²) in [5.74, 6) is 0.623. The van der Waals surface area contributed by atoms with Gasteiger partial charge in [0.2, 0.25) is 0 Å². The first-order valence-corrected chi connectivity index (χ1v) is 5.55. The zero-order valence-electron chi connectivity index (χ0n) is 9.35. The zero-order valence-corrected chi connectivity index (χ0v) is 9.35. The van der Waals surface area contributed by atoms with E-state index in [-0.39, 0.29) is 5.92 Å². The lowest BCUT2D eigenvalue weighted by atomic mass is 9.96. The molecule has 1 heterocycles. The zero-order chi connectivity index (χ0) is 11.1. The number of hydrogen-bond donors (Lipinski definition) is 2. The lowest BCUT2D eigenvalue weighted by Gasteiger charge is -2.30. The number of nitrogens with zero attached hydrogens (tertiary/aromatic N) is 2. The first-order valence-electron chi connectivity index (χ1n) is 5.55. The summed E-state index contributed by atoms with van der Waals surface area (Å²) in [6, 6.07) is 0. The summed E-state index contributed by atoms with van der Waals surface area (Å²) in [5, 5.41) is 11.6. The second-order valence-corrected chi connectivity index (χ2v) is 3.84. The maximum absolute atomic E-state index is 8.56. The third-order valence-corrected chi connectivity index (χ3v) is 2.88. The molecule has 3 N–H and O–H groups in total. The number of rotatable bonds is 5. The molecule has 0 bridgehead atoms. The van der Waals surface area contributed by atoms with Gasteiger partial charge in [-0.15, -0.1) is 0 Å². The van der Waals surface area contributed by atoms with Crippen molar-refractivity contribution in [3.8, 4) is 0 Å². The highest BCUT2D eigenvalue weighted by atomic mass is 16.5. The molecule has 0 aliphatic carbocycles. The molecule has 0 unspecified atom stereocenters. The Morgan fingerprint density at radius 1 is 1.53 bits per heavy atom. The van der Waals surface area contributed by atoms with Gasteiger partial charge in [0.1, 0.15) is 5.84 Å². The second-order valence-electron chi connectivity index (χ2n) is 3.84. The van der Waals surface area contributed by atoms with E-state index in [1.807, 2.05) is 6.92 Å². The minimum Gasteiger partial charge on any atom is -0.409 e. The quantitative estimate of drug-likeness (QED) is 0.230. The van der Waals surface area contributed by atoms with E-state index in [2.05, 4.69) is 10.1 Å². The highest BCUT2D eigenvalue weighted by Crippen LogP contribution is 2.16. The van der Waals surface area contributed by atoms with Gasteiger partial charge < -0.3 is 20.6 Å². The van der Waals surface area contributed by atoms with Gasteiger partial charge in [-0.3, -0.25) is 0 Å². The molecule has 1 aliphatic heterocycles. The minimum absolute atomic E-state index is 0.248. The average molecular weight is 215 g/mol. The van der Waals surface area contributed by atoms with E-state index in [0.29, 0.717) is 5.84 Å². The summed E-state index contributed by atoms with van der Waals surface area (Å²) < 4.78 is 5.30. The Balaban J connectivity index is 2.18. The van der Waals surface area contributed by atoms with Crippen LogP contribution in [-0.2, 0) is 4.74 Å². The fraction of sp³-hybridized carbons (Fsp3) is 0.900. The van der Waals surface area contributed by atoms with Gasteiger partial charge in [0.15, 0.2) is 0 Å². The van der Waals surface area contributed by atoms with Crippen LogP contribution in [0.2, 0.25) is 0 Å². The Hall–Kier alpha value is -0.810. The van der Waals surface area contributed by atoms with Crippen molar-refractivity contribution in [1.29, 1.82) is 0 Å². The standard InChI is InChI=1S/C10H21N3O2/c1-2-15-8-7-13-5-3-9(4-6-13)10(11)12-14/h9,14H,2-8H2,1H3,(H2,11,12). The molecule has 0 radical (unpaired) electrons. The van der Waals surface area contributed by atoms with E-state index >= 15 is 0 Å². The molecule has 0 amide bonds. The summed E-state index contributed by atoms with van der Waals surface area (Å²) in [5.41, 5.74) is 5.57. The van der Waals surface area contributed by atoms with Crippen LogP contribution in [0.1, 0.15) is 19.8 Å². The van der Waals surface area contributed by atoms with Gasteiger partial charge in [-0.1, -0.05) is 5.16 Å². The van der Waals surface area contributed by atoms with Crippen LogP contribution in [0.5, 0.6) is 0 Å². The molecule has 88 valence electrons. The molecule has 1 rings (SSSR count). The molecule has 0 aromatic heterocycles. The maximum Gasteiger partial charge on any atom is 0.142 e. The van der Waals surface area contributed by atoms with Gasteiger partial charge in [-0.05, 0) is 32.9 Å². The van der Waals surface area contributed by atoms with Gasteiger partial charge in [0.05, 0.1) is 6.61 Å². The van der Waals surface area contributed by atoms with E-state index in [9.17, 15) is 0 Å². The van der Waals surface area contributed by atoms with Crippen molar-refractivity contribution in [2.75, 3.05) is 32.8 Å². The van der Waals surface area contributed by atoms with Crippen molar-refractivity contribution in [1.82, 2.24) is 4.90 Å². The smallest absolute Gasteiger partial charge is 0.142 e. The van der Waals surface area contributed by atoms with Crippen molar-refractivity contribution in [3.63, 3.8) is 0 Å². The molecule has 0 saturated carbocycles. The molecule has 5 nitrogen and oxygen atoms in total. The predicted octanol–water partition coefficient (Wildman–Crippen LogP) is 0.481. The van der Waals surface area contributed by atoms with Gasteiger partial charge in [-0.25, -0.2) is 0 Å². The average Bonchev–Trinajstić information content (AvgIpc) is 2.29. The number of likely N-dealkylation sites (tertiary alicyclic amines) is 1. The SMILES string of the molecule is CCOCCN1CCC(C(N)=NO)CC1. The molecule has 1 saturated heterocycles. The molecule has 0 spiro atoms. The Labute approximate surface area is 90.9 Å². The molecule has 1 fully saturated rings. The van der Waals surface area contributed by atoms with Gasteiger partial charge >= 0.3 is 0 Å². The summed E-state index contributed by atoms with van der Waals surface area (Å²) in [6.07, 6.45) is 1.95. The van der Waals surface area contributed by atoms with Crippen LogP contribution in [-0.4, -0.2) is 48.8 Å². The maximum atomic E-state index is 8.56. The van der Waals surface area contributed by atoms with Crippen molar-refractivity contribution in [2.45, 2.75) is 19.8 Å². The lowest BCUT2D eigenvalue weighted by molar-refractivity contribution is 0.101. The largest absolute Gasteiger partial charge is 0.409 e. The van der Waals surface area contributed by atoms with Crippen LogP contribution in [0.15, 0.2) is 5.16 Å². The van der Waals surface area contributed by atoms with Crippen molar-refractivity contribution < 1.29 is 9.94 Å². The molecular weight excluding hydrogens is 194 g/mol. The molecule has 1 aliphatic rings. The van der Waals surface area contributed by atoms with Crippen molar-refractivity contribution in [2.24, 2.45) is 16.8 Å². The predicted molar refractivity (Wildman–Crippen MR) is 59.1 cm³/mol. The van der Waals surface area contributed by atoms with Crippen LogP contribution >= 0.6 is 0 Å². The number of ether oxygens (including phenoxy) is 1. The number of oxime groups is 1.